The van der Waals surface area contributed by atoms with E-state index in [0.717, 1.165) is 14.2 Å². The highest BCUT2D eigenvalue weighted by Gasteiger charge is 2.42. The Morgan fingerprint density at radius 2 is 1.80 bits per heavy atom. The zero-order valence-corrected chi connectivity index (χ0v) is 16.0. The van der Waals surface area contributed by atoms with Gasteiger partial charge in [-0.05, 0) is 24.7 Å². The third-order valence-electron chi connectivity index (χ3n) is 3.16. The smallest absolute Gasteiger partial charge is 0.426 e. The summed E-state index contributed by atoms with van der Waals surface area (Å²) in [6.07, 6.45) is -4.85. The molecule has 0 fully saturated rings. The van der Waals surface area contributed by atoms with Crippen LogP contribution < -0.4 is 4.72 Å². The number of sulfonamides is 1. The van der Waals surface area contributed by atoms with Gasteiger partial charge in [0, 0.05) is 10.0 Å². The molecule has 1 heterocycles. The largest absolute Gasteiger partial charge is 0.465 e. The molecule has 0 atom stereocenters. The van der Waals surface area contributed by atoms with Crippen molar-refractivity contribution >= 4 is 43.3 Å². The first-order valence-corrected chi connectivity index (χ1v) is 9.64. The Kier molecular flexibility index (Phi) is 5.62. The molecule has 11 heteroatoms. The van der Waals surface area contributed by atoms with E-state index in [1.165, 1.54) is 24.3 Å². The van der Waals surface area contributed by atoms with Gasteiger partial charge in [0.25, 0.3) is 0 Å². The van der Waals surface area contributed by atoms with E-state index in [9.17, 15) is 26.4 Å². The average molecular weight is 458 g/mol. The number of benzene rings is 1. The predicted octanol–water partition coefficient (Wildman–Crippen LogP) is 3.89. The lowest BCUT2D eigenvalue weighted by Crippen LogP contribution is -2.21. The second kappa shape index (κ2) is 7.06. The molecule has 0 bridgehead atoms. The number of hydrogen-bond donors (Lipinski definition) is 1. The van der Waals surface area contributed by atoms with Crippen LogP contribution in [0.4, 0.5) is 13.2 Å². The fraction of sp³-hybridized carbons (Fsp3) is 0.214. The van der Waals surface area contributed by atoms with Crippen LogP contribution in [-0.2, 0) is 20.9 Å². The molecule has 0 saturated carbocycles. The fourth-order valence-electron chi connectivity index (χ4n) is 2.08. The molecule has 136 valence electrons. The summed E-state index contributed by atoms with van der Waals surface area (Å²) in [4.78, 5) is 9.32. The van der Waals surface area contributed by atoms with Gasteiger partial charge in [0.05, 0.1) is 7.11 Å². The Morgan fingerprint density at radius 1 is 1.24 bits per heavy atom. The van der Waals surface area contributed by atoms with Crippen LogP contribution in [-0.4, -0.2) is 28.5 Å². The van der Waals surface area contributed by atoms with E-state index in [1.54, 1.807) is 0 Å². The van der Waals surface area contributed by atoms with E-state index in [2.05, 4.69) is 20.7 Å². The van der Waals surface area contributed by atoms with Crippen LogP contribution in [0.5, 0.6) is 0 Å². The number of alkyl halides is 3. The number of methoxy groups -OCH3 is 1. The first-order valence-electron chi connectivity index (χ1n) is 6.54. The lowest BCUT2D eigenvalue weighted by Gasteiger charge is -2.11. The summed E-state index contributed by atoms with van der Waals surface area (Å²) < 4.78 is 72.2. The summed E-state index contributed by atoms with van der Waals surface area (Å²) in [5.41, 5.74) is -0.574. The van der Waals surface area contributed by atoms with Crippen molar-refractivity contribution in [2.75, 3.05) is 14.2 Å². The number of thiophene rings is 1. The third kappa shape index (κ3) is 3.89. The number of esters is 1. The Bertz CT molecular complexity index is 905. The zero-order chi connectivity index (χ0) is 19.0. The molecule has 1 aromatic carbocycles. The van der Waals surface area contributed by atoms with Crippen LogP contribution in [0.25, 0.3) is 11.1 Å². The van der Waals surface area contributed by atoms with Crippen LogP contribution >= 0.6 is 27.3 Å². The molecule has 1 N–H and O–H groups in total. The van der Waals surface area contributed by atoms with Gasteiger partial charge in [-0.3, -0.25) is 0 Å². The van der Waals surface area contributed by atoms with Crippen molar-refractivity contribution in [1.29, 1.82) is 0 Å². The molecule has 0 aliphatic heterocycles. The van der Waals surface area contributed by atoms with Crippen LogP contribution in [0, 0.1) is 0 Å². The minimum Gasteiger partial charge on any atom is -0.465 e. The summed E-state index contributed by atoms with van der Waals surface area (Å²) in [5.74, 6) is -1.16. The third-order valence-corrected chi connectivity index (χ3v) is 6.52. The van der Waals surface area contributed by atoms with Gasteiger partial charge in [-0.1, -0.05) is 28.1 Å². The Morgan fingerprint density at radius 3 is 2.24 bits per heavy atom. The van der Waals surface area contributed by atoms with E-state index in [4.69, 9.17) is 0 Å². The highest BCUT2D eigenvalue weighted by atomic mass is 79.9. The van der Waals surface area contributed by atoms with Crippen molar-refractivity contribution < 1.29 is 31.1 Å². The summed E-state index contributed by atoms with van der Waals surface area (Å²) in [6, 6.07) is 5.61. The lowest BCUT2D eigenvalue weighted by atomic mass is 10.1. The lowest BCUT2D eigenvalue weighted by molar-refractivity contribution is -0.133. The maximum atomic E-state index is 13.5. The van der Waals surface area contributed by atoms with Gasteiger partial charge in [-0.2, -0.15) is 13.2 Å². The van der Waals surface area contributed by atoms with Crippen LogP contribution in [0.15, 0.2) is 33.6 Å². The highest BCUT2D eigenvalue weighted by Crippen LogP contribution is 2.47. The monoisotopic (exact) mass is 457 g/mol. The molecule has 0 aliphatic rings. The van der Waals surface area contributed by atoms with Crippen molar-refractivity contribution in [2.45, 2.75) is 11.1 Å². The second-order valence-corrected chi connectivity index (χ2v) is 8.43. The Labute approximate surface area is 154 Å². The molecule has 0 unspecified atom stereocenters. The van der Waals surface area contributed by atoms with Gasteiger partial charge in [-0.15, -0.1) is 11.3 Å². The van der Waals surface area contributed by atoms with Gasteiger partial charge in [0.1, 0.15) is 14.6 Å². The number of carbonyl (C=O) groups excluding carboxylic acids is 1. The van der Waals surface area contributed by atoms with Crippen molar-refractivity contribution in [3.05, 3.63) is 38.5 Å². The number of nitrogens with one attached hydrogen (secondary N) is 1. The molecule has 0 aliphatic carbocycles. The summed E-state index contributed by atoms with van der Waals surface area (Å²) >= 11 is 3.20. The molecule has 0 amide bonds. The summed E-state index contributed by atoms with van der Waals surface area (Å²) in [6.45, 7) is 0. The highest BCUT2D eigenvalue weighted by molar-refractivity contribution is 9.10. The van der Waals surface area contributed by atoms with Crippen LogP contribution in [0.1, 0.15) is 14.5 Å². The van der Waals surface area contributed by atoms with Gasteiger partial charge in [0.15, 0.2) is 0 Å². The van der Waals surface area contributed by atoms with Gasteiger partial charge in [0.2, 0.25) is 10.0 Å². The standard InChI is InChI=1S/C14H11BrF3NO4S2/c1-19-25(21,22)11-9(7-3-5-8(15)6-4-7)12(14(16,17)18)24-10(11)13(20)23-2/h3-6,19H,1-2H3. The SMILES string of the molecule is CNS(=O)(=O)c1c(C(=O)OC)sc(C(F)(F)F)c1-c1ccc(Br)cc1. The molecular weight excluding hydrogens is 447 g/mol. The molecule has 0 radical (unpaired) electrons. The minimum absolute atomic E-state index is 0.00996. The Balaban J connectivity index is 2.97. The zero-order valence-electron chi connectivity index (χ0n) is 12.8. The number of rotatable bonds is 4. The van der Waals surface area contributed by atoms with Crippen molar-refractivity contribution in [1.82, 2.24) is 4.72 Å². The topological polar surface area (TPSA) is 72.5 Å². The number of ether oxygens (including phenoxy) is 1. The first-order chi connectivity index (χ1) is 11.5. The van der Waals surface area contributed by atoms with Gasteiger partial charge >= 0.3 is 12.1 Å². The minimum atomic E-state index is -4.85. The quantitative estimate of drug-likeness (QED) is 0.706. The van der Waals surface area contributed by atoms with E-state index in [1.807, 2.05) is 4.72 Å². The molecule has 0 saturated heterocycles. The normalized spacial score (nSPS) is 12.2. The summed E-state index contributed by atoms with van der Waals surface area (Å²) in [5, 5.41) is 0. The maximum Gasteiger partial charge on any atom is 0.426 e. The van der Waals surface area contributed by atoms with Crippen molar-refractivity contribution in [3.63, 3.8) is 0 Å². The number of carbonyl (C=O) groups is 1. The molecule has 0 spiro atoms. The van der Waals surface area contributed by atoms with E-state index in [-0.39, 0.29) is 16.9 Å². The molecule has 2 rings (SSSR count). The van der Waals surface area contributed by atoms with Crippen molar-refractivity contribution in [3.8, 4) is 11.1 Å². The molecule has 2 aromatic rings. The van der Waals surface area contributed by atoms with E-state index < -0.39 is 42.4 Å². The second-order valence-electron chi connectivity index (χ2n) is 4.67. The average Bonchev–Trinajstić information content (AvgIpc) is 2.96. The van der Waals surface area contributed by atoms with Gasteiger partial charge in [-0.25, -0.2) is 17.9 Å². The Hall–Kier alpha value is -1.43. The molecule has 5 nitrogen and oxygen atoms in total. The molecular formula is C14H11BrF3NO4S2. The number of hydrogen-bond acceptors (Lipinski definition) is 5. The number of halogens is 4. The molecule has 1 aromatic heterocycles. The van der Waals surface area contributed by atoms with E-state index >= 15 is 0 Å². The fourth-order valence-corrected chi connectivity index (χ4v) is 4.89. The van der Waals surface area contributed by atoms with E-state index in [0.29, 0.717) is 4.47 Å². The molecule has 25 heavy (non-hydrogen) atoms. The predicted molar refractivity (Wildman–Crippen MR) is 90.0 cm³/mol. The van der Waals surface area contributed by atoms with Crippen molar-refractivity contribution in [2.24, 2.45) is 0 Å². The van der Waals surface area contributed by atoms with Gasteiger partial charge < -0.3 is 4.74 Å². The maximum absolute atomic E-state index is 13.5. The van der Waals surface area contributed by atoms with Crippen LogP contribution in [0.3, 0.4) is 0 Å². The first kappa shape index (κ1) is 19.9. The van der Waals surface area contributed by atoms with Crippen LogP contribution in [0.2, 0.25) is 0 Å². The summed E-state index contributed by atoms with van der Waals surface area (Å²) in [7, 11) is -2.35.